The van der Waals surface area contributed by atoms with E-state index in [4.69, 9.17) is 0 Å². The van der Waals surface area contributed by atoms with E-state index in [1.807, 2.05) is 60.7 Å². The number of benzene rings is 2. The lowest BCUT2D eigenvalue weighted by Crippen LogP contribution is -2.06. The number of aromatic hydroxyl groups is 1. The van der Waals surface area contributed by atoms with Crippen LogP contribution in [0.1, 0.15) is 5.69 Å². The average Bonchev–Trinajstić information content (AvgIpc) is 3.15. The number of rotatable bonds is 3. The molecule has 0 saturated heterocycles. The van der Waals surface area contributed by atoms with Gasteiger partial charge in [0.05, 0.1) is 5.69 Å². The number of H-pyrrole nitrogens is 1. The molecule has 2 heterocycles. The number of imidazole rings is 1. The fourth-order valence-electron chi connectivity index (χ4n) is 2.46. The molecule has 0 unspecified atom stereocenters. The number of hydrogen-bond acceptors (Lipinski definition) is 4. The lowest BCUT2D eigenvalue weighted by molar-refractivity contribution is 0.455. The summed E-state index contributed by atoms with van der Waals surface area (Å²) in [5, 5.41) is 15.2. The van der Waals surface area contributed by atoms with E-state index in [2.05, 4.69) is 20.3 Å². The van der Waals surface area contributed by atoms with Crippen LogP contribution in [0.4, 0.5) is 17.3 Å². The Morgan fingerprint density at radius 2 is 1.96 bits per heavy atom. The van der Waals surface area contributed by atoms with Crippen LogP contribution in [0.3, 0.4) is 0 Å². The van der Waals surface area contributed by atoms with Crippen LogP contribution in [0.15, 0.2) is 53.5 Å². The van der Waals surface area contributed by atoms with Crippen molar-refractivity contribution in [2.75, 3.05) is 5.32 Å². The van der Waals surface area contributed by atoms with Gasteiger partial charge in [-0.15, -0.1) is 0 Å². The molecule has 5 heteroatoms. The van der Waals surface area contributed by atoms with Crippen LogP contribution >= 0.6 is 0 Å². The predicted molar refractivity (Wildman–Crippen MR) is 91.9 cm³/mol. The first-order valence-electron chi connectivity index (χ1n) is 7.25. The number of nitrogens with zero attached hydrogens (tertiary/aromatic N) is 2. The monoisotopic (exact) mass is 302 g/mol. The van der Waals surface area contributed by atoms with Gasteiger partial charge in [-0.05, 0) is 35.6 Å². The fraction of sp³-hybridized carbons (Fsp3) is 0. The zero-order chi connectivity index (χ0) is 15.6. The van der Waals surface area contributed by atoms with Gasteiger partial charge in [0.15, 0.2) is 0 Å². The lowest BCUT2D eigenvalue weighted by Gasteiger charge is -2.00. The SMILES string of the molecule is Oc1nc(Nc2ccccc2)[nH]c1C=c1ccc2c(c1)N=CC=2. The van der Waals surface area contributed by atoms with Crippen molar-refractivity contribution in [3.8, 4) is 5.88 Å². The van der Waals surface area contributed by atoms with Gasteiger partial charge in [-0.2, -0.15) is 4.98 Å². The van der Waals surface area contributed by atoms with Crippen molar-refractivity contribution in [2.45, 2.75) is 0 Å². The number of nitrogens with one attached hydrogen (secondary N) is 2. The number of hydrogen-bond donors (Lipinski definition) is 3. The number of aromatic nitrogens is 2. The van der Waals surface area contributed by atoms with Crippen molar-refractivity contribution < 1.29 is 5.11 Å². The standard InChI is InChI=1S/C18H14N4O/c23-17-16(11-12-6-7-13-8-9-19-15(13)10-12)21-18(22-17)20-14-4-2-1-3-5-14/h1-11,23H,(H2,20,21,22). The summed E-state index contributed by atoms with van der Waals surface area (Å²) in [5.41, 5.74) is 2.38. The van der Waals surface area contributed by atoms with Crippen LogP contribution in [0.25, 0.3) is 12.2 Å². The molecule has 1 aromatic heterocycles. The second kappa shape index (κ2) is 5.46. The summed E-state index contributed by atoms with van der Waals surface area (Å²) in [5.74, 6) is 0.450. The molecule has 0 saturated carbocycles. The van der Waals surface area contributed by atoms with Crippen molar-refractivity contribution in [3.05, 3.63) is 64.7 Å². The van der Waals surface area contributed by atoms with Gasteiger partial charge in [-0.1, -0.05) is 30.3 Å². The Labute approximate surface area is 132 Å². The number of para-hydroxylation sites is 1. The van der Waals surface area contributed by atoms with Gasteiger partial charge in [0.25, 0.3) is 0 Å². The summed E-state index contributed by atoms with van der Waals surface area (Å²) in [7, 11) is 0. The summed E-state index contributed by atoms with van der Waals surface area (Å²) < 4.78 is 0. The lowest BCUT2D eigenvalue weighted by atomic mass is 10.2. The molecule has 1 aliphatic rings. The summed E-state index contributed by atoms with van der Waals surface area (Å²) in [6.07, 6.45) is 5.59. The number of aliphatic imine (C=N–C) groups is 1. The van der Waals surface area contributed by atoms with Crippen molar-refractivity contribution in [1.82, 2.24) is 9.97 Å². The van der Waals surface area contributed by atoms with Crippen LogP contribution < -0.4 is 15.8 Å². The molecule has 0 aliphatic carbocycles. The van der Waals surface area contributed by atoms with Gasteiger partial charge in [0.1, 0.15) is 5.69 Å². The van der Waals surface area contributed by atoms with Gasteiger partial charge < -0.3 is 15.4 Å². The summed E-state index contributed by atoms with van der Waals surface area (Å²) in [4.78, 5) is 11.5. The smallest absolute Gasteiger partial charge is 0.238 e. The molecule has 0 amide bonds. The second-order valence-electron chi connectivity index (χ2n) is 5.22. The van der Waals surface area contributed by atoms with E-state index in [-0.39, 0.29) is 5.88 Å². The number of aromatic amines is 1. The fourth-order valence-corrected chi connectivity index (χ4v) is 2.46. The minimum atomic E-state index is -0.0426. The first-order valence-corrected chi connectivity index (χ1v) is 7.25. The van der Waals surface area contributed by atoms with Crippen LogP contribution in [0, 0.1) is 0 Å². The summed E-state index contributed by atoms with van der Waals surface area (Å²) in [6, 6.07) is 15.6. The Morgan fingerprint density at radius 1 is 1.09 bits per heavy atom. The molecule has 3 N–H and O–H groups in total. The van der Waals surface area contributed by atoms with Gasteiger partial charge >= 0.3 is 0 Å². The van der Waals surface area contributed by atoms with Gasteiger partial charge in [0.2, 0.25) is 11.8 Å². The highest BCUT2D eigenvalue weighted by atomic mass is 16.3. The molecule has 5 nitrogen and oxygen atoms in total. The maximum atomic E-state index is 10.0. The molecule has 0 atom stereocenters. The maximum absolute atomic E-state index is 10.0. The molecule has 3 aromatic rings. The number of anilines is 2. The normalized spacial score (nSPS) is 13.0. The van der Waals surface area contributed by atoms with Crippen molar-refractivity contribution in [3.63, 3.8) is 0 Å². The largest absolute Gasteiger partial charge is 0.492 e. The van der Waals surface area contributed by atoms with Crippen molar-refractivity contribution in [1.29, 1.82) is 0 Å². The summed E-state index contributed by atoms with van der Waals surface area (Å²) >= 11 is 0. The highest BCUT2D eigenvalue weighted by Gasteiger charge is 2.07. The Kier molecular flexibility index (Phi) is 3.16. The van der Waals surface area contributed by atoms with Crippen LogP contribution in [0.2, 0.25) is 0 Å². The molecule has 23 heavy (non-hydrogen) atoms. The van der Waals surface area contributed by atoms with Crippen LogP contribution in [-0.4, -0.2) is 21.3 Å². The van der Waals surface area contributed by atoms with Gasteiger partial charge in [0, 0.05) is 17.1 Å². The molecule has 0 spiro atoms. The highest BCUT2D eigenvalue weighted by molar-refractivity contribution is 5.96. The Balaban J connectivity index is 1.66. The zero-order valence-electron chi connectivity index (χ0n) is 12.2. The van der Waals surface area contributed by atoms with Gasteiger partial charge in [-0.3, -0.25) is 4.99 Å². The first-order chi connectivity index (χ1) is 11.3. The molecular formula is C18H14N4O. The Bertz CT molecular complexity index is 1000. The molecular weight excluding hydrogens is 288 g/mol. The minimum Gasteiger partial charge on any atom is -0.492 e. The quantitative estimate of drug-likeness (QED) is 0.694. The Hall–Kier alpha value is -3.34. The number of fused-ring (bicyclic) bond motifs is 1. The van der Waals surface area contributed by atoms with E-state index < -0.39 is 0 Å². The highest BCUT2D eigenvalue weighted by Crippen LogP contribution is 2.20. The van der Waals surface area contributed by atoms with Crippen molar-refractivity contribution >= 4 is 35.7 Å². The molecule has 4 rings (SSSR count). The third kappa shape index (κ3) is 2.72. The third-order valence-corrected chi connectivity index (χ3v) is 3.58. The van der Waals surface area contributed by atoms with E-state index in [1.54, 1.807) is 6.21 Å². The van der Waals surface area contributed by atoms with E-state index in [0.29, 0.717) is 11.6 Å². The van der Waals surface area contributed by atoms with E-state index in [9.17, 15) is 5.11 Å². The predicted octanol–water partition coefficient (Wildman–Crippen LogP) is 2.18. The maximum Gasteiger partial charge on any atom is 0.238 e. The molecule has 0 bridgehead atoms. The topological polar surface area (TPSA) is 73.3 Å². The molecule has 112 valence electrons. The molecule has 2 aromatic carbocycles. The molecule has 1 aliphatic heterocycles. The second-order valence-corrected chi connectivity index (χ2v) is 5.22. The average molecular weight is 302 g/mol. The van der Waals surface area contributed by atoms with E-state index in [1.165, 1.54) is 0 Å². The van der Waals surface area contributed by atoms with Crippen molar-refractivity contribution in [2.24, 2.45) is 4.99 Å². The molecule has 0 fully saturated rings. The third-order valence-electron chi connectivity index (χ3n) is 3.58. The van der Waals surface area contributed by atoms with Gasteiger partial charge in [-0.25, -0.2) is 0 Å². The summed E-state index contributed by atoms with van der Waals surface area (Å²) in [6.45, 7) is 0. The van der Waals surface area contributed by atoms with Crippen LogP contribution in [-0.2, 0) is 0 Å². The first kappa shape index (κ1) is 13.3. The Morgan fingerprint density at radius 3 is 2.83 bits per heavy atom. The minimum absolute atomic E-state index is 0.0426. The zero-order valence-corrected chi connectivity index (χ0v) is 12.2. The van der Waals surface area contributed by atoms with Crippen LogP contribution in [0.5, 0.6) is 5.88 Å². The van der Waals surface area contributed by atoms with E-state index >= 15 is 0 Å². The van der Waals surface area contributed by atoms with E-state index in [0.717, 1.165) is 21.8 Å². The molecule has 0 radical (unpaired) electrons.